The predicted molar refractivity (Wildman–Crippen MR) is 266 cm³/mol. The predicted octanol–water partition coefficient (Wildman–Crippen LogP) is 17.5. The maximum Gasteiger partial charge on any atom is 0.205 e. The van der Waals surface area contributed by atoms with Gasteiger partial charge >= 0.3 is 0 Å². The number of nitrogens with zero attached hydrogens (tertiary/aromatic N) is 1. The van der Waals surface area contributed by atoms with Gasteiger partial charge < -0.3 is 4.42 Å². The number of furan rings is 1. The van der Waals surface area contributed by atoms with E-state index in [1.54, 1.807) is 0 Å². The minimum absolute atomic E-state index is 0.0624. The van der Waals surface area contributed by atoms with Crippen molar-refractivity contribution in [2.24, 2.45) is 0 Å². The van der Waals surface area contributed by atoms with Crippen LogP contribution in [0.15, 0.2) is 162 Å². The fraction of sp³-hybridized carbons (Fsp3) is 0.167. The van der Waals surface area contributed by atoms with Crippen molar-refractivity contribution in [2.45, 2.75) is 67.7 Å². The third kappa shape index (κ3) is 6.75. The van der Waals surface area contributed by atoms with Gasteiger partial charge in [0, 0.05) is 23.0 Å². The lowest BCUT2D eigenvalue weighted by Crippen LogP contribution is -2.10. The zero-order valence-corrected chi connectivity index (χ0v) is 37.4. The van der Waals surface area contributed by atoms with E-state index in [0.29, 0.717) is 0 Å². The molecule has 0 N–H and O–H groups in total. The fourth-order valence-electron chi connectivity index (χ4n) is 9.81. The Labute approximate surface area is 366 Å². The van der Waals surface area contributed by atoms with E-state index in [0.717, 1.165) is 28.6 Å². The van der Waals surface area contributed by atoms with Crippen molar-refractivity contribution in [2.75, 3.05) is 4.90 Å². The molecule has 0 aliphatic heterocycles. The topological polar surface area (TPSA) is 16.4 Å². The number of hydrogen-bond acceptors (Lipinski definition) is 2. The summed E-state index contributed by atoms with van der Waals surface area (Å²) in [7, 11) is 0. The highest BCUT2D eigenvalue weighted by Crippen LogP contribution is 2.49. The highest BCUT2D eigenvalue weighted by Gasteiger charge is 2.24. The van der Waals surface area contributed by atoms with Gasteiger partial charge in [-0.05, 0) is 207 Å². The van der Waals surface area contributed by atoms with E-state index >= 15 is 0 Å². The van der Waals surface area contributed by atoms with Gasteiger partial charge in [-0.1, -0.05) is 117 Å². The molecule has 0 atom stereocenters. The Morgan fingerprint density at radius 2 is 0.871 bits per heavy atom. The van der Waals surface area contributed by atoms with E-state index in [-0.39, 0.29) is 5.41 Å². The van der Waals surface area contributed by atoms with Crippen LogP contribution in [0.3, 0.4) is 0 Å². The lowest BCUT2D eigenvalue weighted by molar-refractivity contribution is 0.589. The zero-order valence-electron chi connectivity index (χ0n) is 37.4. The van der Waals surface area contributed by atoms with Crippen LogP contribution in [0.5, 0.6) is 0 Å². The summed E-state index contributed by atoms with van der Waals surface area (Å²) < 4.78 is 7.13. The Balaban J connectivity index is 1.29. The zero-order chi connectivity index (χ0) is 43.0. The highest BCUT2D eigenvalue weighted by molar-refractivity contribution is 6.30. The summed E-state index contributed by atoms with van der Waals surface area (Å²) in [4.78, 5) is 2.22. The molecule has 0 radical (unpaired) electrons. The molecule has 0 amide bonds. The molecule has 10 rings (SSSR count). The van der Waals surface area contributed by atoms with Crippen molar-refractivity contribution in [3.8, 4) is 44.7 Å². The third-order valence-corrected chi connectivity index (χ3v) is 13.0. The van der Waals surface area contributed by atoms with Gasteiger partial charge in [-0.25, -0.2) is 0 Å². The molecule has 0 aliphatic rings. The largest absolute Gasteiger partial charge is 0.440 e. The van der Waals surface area contributed by atoms with E-state index in [1.807, 2.05) is 0 Å². The lowest BCUT2D eigenvalue weighted by Gasteiger charge is -2.23. The van der Waals surface area contributed by atoms with Gasteiger partial charge in [0.15, 0.2) is 0 Å². The molecule has 9 aromatic carbocycles. The minimum atomic E-state index is 0.0624. The third-order valence-electron chi connectivity index (χ3n) is 13.0. The Hall–Kier alpha value is -6.90. The number of aryl methyl sites for hydroxylation is 6. The highest BCUT2D eigenvalue weighted by atomic mass is 16.4. The van der Waals surface area contributed by atoms with E-state index in [9.17, 15) is 0 Å². The molecule has 0 bridgehead atoms. The number of anilines is 3. The normalized spacial score (nSPS) is 12.0. The average molecular weight is 804 g/mol. The molecule has 62 heavy (non-hydrogen) atoms. The standard InChI is InChI=1S/C60H53NO/c1-36-16-24-48(25-17-36)61(49-26-18-37(2)19-27-49)55-29-28-54(62-55)51-33-46-31-43(56-38(3)12-10-13-39(56)4)34-52-50(42-20-22-47(23-21-42)60(7,8)9)32-45-30-44(35-53(51)59(45)58(46)52)57-40(5)14-11-15-41(57)6/h10-35H,1-9H3. The molecule has 10 aromatic rings. The van der Waals surface area contributed by atoms with Crippen molar-refractivity contribution in [3.63, 3.8) is 0 Å². The summed E-state index contributed by atoms with van der Waals surface area (Å²) in [5.74, 6) is 1.60. The Bertz CT molecular complexity index is 3210. The van der Waals surface area contributed by atoms with Crippen molar-refractivity contribution in [1.82, 2.24) is 0 Å². The molecule has 0 aliphatic carbocycles. The molecule has 0 saturated heterocycles. The molecule has 2 heteroatoms. The molecular weight excluding hydrogens is 751 g/mol. The summed E-state index contributed by atoms with van der Waals surface area (Å²) in [5.41, 5.74) is 19.6. The monoisotopic (exact) mass is 803 g/mol. The molecule has 1 aromatic heterocycles. The van der Waals surface area contributed by atoms with Crippen LogP contribution in [-0.4, -0.2) is 0 Å². The van der Waals surface area contributed by atoms with Crippen LogP contribution in [0, 0.1) is 41.5 Å². The number of hydrogen-bond donors (Lipinski definition) is 0. The van der Waals surface area contributed by atoms with Crippen LogP contribution in [0.25, 0.3) is 77.0 Å². The number of rotatable bonds is 7. The molecule has 0 spiro atoms. The Morgan fingerprint density at radius 3 is 1.34 bits per heavy atom. The Kier molecular flexibility index (Phi) is 9.45. The Morgan fingerprint density at radius 1 is 0.419 bits per heavy atom. The lowest BCUT2D eigenvalue weighted by atomic mass is 9.82. The van der Waals surface area contributed by atoms with Gasteiger partial charge in [-0.3, -0.25) is 4.90 Å². The van der Waals surface area contributed by atoms with Crippen molar-refractivity contribution >= 4 is 49.6 Å². The van der Waals surface area contributed by atoms with Gasteiger partial charge in [0.05, 0.1) is 0 Å². The van der Waals surface area contributed by atoms with Gasteiger partial charge in [0.25, 0.3) is 0 Å². The van der Waals surface area contributed by atoms with Gasteiger partial charge in [-0.2, -0.15) is 0 Å². The van der Waals surface area contributed by atoms with Crippen LogP contribution in [-0.2, 0) is 5.41 Å². The summed E-state index contributed by atoms with van der Waals surface area (Å²) >= 11 is 0. The first-order valence-electron chi connectivity index (χ1n) is 21.9. The molecule has 0 unspecified atom stereocenters. The van der Waals surface area contributed by atoms with Gasteiger partial charge in [-0.15, -0.1) is 0 Å². The van der Waals surface area contributed by atoms with Crippen LogP contribution in [0.1, 0.15) is 59.7 Å². The summed E-state index contributed by atoms with van der Waals surface area (Å²) in [6.07, 6.45) is 0. The van der Waals surface area contributed by atoms with Crippen LogP contribution in [0.4, 0.5) is 17.3 Å². The first-order valence-corrected chi connectivity index (χ1v) is 21.9. The van der Waals surface area contributed by atoms with Crippen molar-refractivity contribution in [1.29, 1.82) is 0 Å². The van der Waals surface area contributed by atoms with Crippen LogP contribution in [0.2, 0.25) is 0 Å². The second-order valence-electron chi connectivity index (χ2n) is 18.6. The van der Waals surface area contributed by atoms with E-state index in [4.69, 9.17) is 4.42 Å². The minimum Gasteiger partial charge on any atom is -0.440 e. The maximum absolute atomic E-state index is 7.13. The van der Waals surface area contributed by atoms with Crippen LogP contribution < -0.4 is 4.90 Å². The summed E-state index contributed by atoms with van der Waals surface area (Å²) in [6, 6.07) is 58.8. The summed E-state index contributed by atoms with van der Waals surface area (Å²) in [6.45, 7) is 20.0. The fourth-order valence-corrected chi connectivity index (χ4v) is 9.81. The second kappa shape index (κ2) is 14.9. The molecule has 1 heterocycles. The first-order chi connectivity index (χ1) is 29.8. The maximum atomic E-state index is 7.13. The first kappa shape index (κ1) is 39.2. The molecular formula is C60H53NO. The van der Waals surface area contributed by atoms with E-state index in [1.165, 1.54) is 105 Å². The van der Waals surface area contributed by atoms with E-state index < -0.39 is 0 Å². The van der Waals surface area contributed by atoms with Crippen molar-refractivity contribution in [3.05, 3.63) is 197 Å². The van der Waals surface area contributed by atoms with Gasteiger partial charge in [0.1, 0.15) is 5.76 Å². The SMILES string of the molecule is Cc1ccc(N(c2ccc(C)cc2)c2ccc(-c3cc4cc(-c5c(C)cccc5C)cc5c(-c6ccc(C(C)(C)C)cc6)cc6cc(-c7c(C)cccc7C)cc3c6c45)o2)cc1. The van der Waals surface area contributed by atoms with Crippen LogP contribution >= 0.6 is 0 Å². The molecule has 304 valence electrons. The second-order valence-corrected chi connectivity index (χ2v) is 18.6. The van der Waals surface area contributed by atoms with Gasteiger partial charge in [0.2, 0.25) is 5.88 Å². The average Bonchev–Trinajstić information content (AvgIpc) is 3.73. The molecule has 0 saturated carbocycles. The molecule has 0 fully saturated rings. The number of benzene rings is 9. The summed E-state index contributed by atoms with van der Waals surface area (Å²) in [5, 5.41) is 7.42. The van der Waals surface area contributed by atoms with E-state index in [2.05, 4.69) is 225 Å². The van der Waals surface area contributed by atoms with Crippen molar-refractivity contribution < 1.29 is 4.42 Å². The molecule has 2 nitrogen and oxygen atoms in total. The smallest absolute Gasteiger partial charge is 0.205 e. The quantitative estimate of drug-likeness (QED) is 0.149.